The van der Waals surface area contributed by atoms with Crippen molar-refractivity contribution in [3.8, 4) is 0 Å². The maximum absolute atomic E-state index is 5.80. The Hall–Kier alpha value is -0.120. The van der Waals surface area contributed by atoms with Crippen LogP contribution in [0.2, 0.25) is 0 Å². The van der Waals surface area contributed by atoms with E-state index in [1.807, 2.05) is 7.05 Å². The smallest absolute Gasteiger partial charge is 0.193 e. The van der Waals surface area contributed by atoms with Crippen molar-refractivity contribution in [2.24, 2.45) is 10.4 Å². The second-order valence-electron chi connectivity index (χ2n) is 7.82. The molecule has 3 saturated heterocycles. The third kappa shape index (κ3) is 5.68. The highest BCUT2D eigenvalue weighted by atomic mass is 127. The van der Waals surface area contributed by atoms with Crippen LogP contribution in [0.1, 0.15) is 33.1 Å². The topological polar surface area (TPSA) is 49.3 Å². The lowest BCUT2D eigenvalue weighted by Crippen LogP contribution is -2.46. The molecule has 146 valence electrons. The van der Waals surface area contributed by atoms with Crippen molar-refractivity contribution >= 4 is 29.9 Å². The molecule has 3 rings (SSSR count). The molecule has 0 bridgehead atoms. The van der Waals surface area contributed by atoms with Gasteiger partial charge in [-0.15, -0.1) is 24.0 Å². The van der Waals surface area contributed by atoms with E-state index in [4.69, 9.17) is 9.47 Å². The lowest BCUT2D eigenvalue weighted by atomic mass is 9.87. The lowest BCUT2D eigenvalue weighted by molar-refractivity contribution is -0.0679. The van der Waals surface area contributed by atoms with Crippen molar-refractivity contribution in [2.45, 2.75) is 45.3 Å². The highest BCUT2D eigenvalue weighted by Crippen LogP contribution is 2.38. The molecular weight excluding hydrogens is 431 g/mol. The Kier molecular flexibility index (Phi) is 8.23. The van der Waals surface area contributed by atoms with E-state index in [0.29, 0.717) is 17.6 Å². The first kappa shape index (κ1) is 21.2. The Labute approximate surface area is 169 Å². The van der Waals surface area contributed by atoms with Crippen LogP contribution in [0.4, 0.5) is 0 Å². The van der Waals surface area contributed by atoms with E-state index in [9.17, 15) is 0 Å². The summed E-state index contributed by atoms with van der Waals surface area (Å²) in [6.07, 6.45) is 4.28. The fourth-order valence-corrected chi connectivity index (χ4v) is 4.39. The Morgan fingerprint density at radius 2 is 2.00 bits per heavy atom. The zero-order valence-corrected chi connectivity index (χ0v) is 18.3. The van der Waals surface area contributed by atoms with Crippen LogP contribution in [-0.4, -0.2) is 87.5 Å². The Balaban J connectivity index is 0.00000225. The SMILES string of the molecule is CN=C(NCCCN1CC(C)OC(C)C1)N1CCC2(CCOC2)C1.I. The monoisotopic (exact) mass is 466 g/mol. The molecule has 6 nitrogen and oxygen atoms in total. The summed E-state index contributed by atoms with van der Waals surface area (Å²) >= 11 is 0. The molecule has 1 N–H and O–H groups in total. The van der Waals surface area contributed by atoms with Gasteiger partial charge in [0, 0.05) is 58.3 Å². The van der Waals surface area contributed by atoms with Crippen LogP contribution in [0.25, 0.3) is 0 Å². The van der Waals surface area contributed by atoms with Gasteiger partial charge >= 0.3 is 0 Å². The molecule has 25 heavy (non-hydrogen) atoms. The molecular formula is C18H35IN4O2. The summed E-state index contributed by atoms with van der Waals surface area (Å²) in [5, 5.41) is 3.56. The van der Waals surface area contributed by atoms with Gasteiger partial charge in [-0.2, -0.15) is 0 Å². The molecule has 0 aromatic carbocycles. The maximum Gasteiger partial charge on any atom is 0.193 e. The molecule has 3 unspecified atom stereocenters. The number of aliphatic imine (C=N–C) groups is 1. The van der Waals surface area contributed by atoms with Gasteiger partial charge in [-0.25, -0.2) is 0 Å². The predicted molar refractivity (Wildman–Crippen MR) is 112 cm³/mol. The van der Waals surface area contributed by atoms with Crippen molar-refractivity contribution < 1.29 is 9.47 Å². The van der Waals surface area contributed by atoms with Gasteiger partial charge < -0.3 is 19.7 Å². The zero-order valence-electron chi connectivity index (χ0n) is 16.0. The number of morpholine rings is 1. The summed E-state index contributed by atoms with van der Waals surface area (Å²) < 4.78 is 11.4. The molecule has 0 aromatic heterocycles. The molecule has 3 aliphatic heterocycles. The largest absolute Gasteiger partial charge is 0.381 e. The predicted octanol–water partition coefficient (Wildman–Crippen LogP) is 1.79. The fourth-order valence-electron chi connectivity index (χ4n) is 4.39. The van der Waals surface area contributed by atoms with Crippen LogP contribution in [0.3, 0.4) is 0 Å². The molecule has 3 heterocycles. The third-order valence-corrected chi connectivity index (χ3v) is 5.56. The molecule has 0 aliphatic carbocycles. The van der Waals surface area contributed by atoms with Crippen molar-refractivity contribution in [3.05, 3.63) is 0 Å². The van der Waals surface area contributed by atoms with Crippen LogP contribution >= 0.6 is 24.0 Å². The molecule has 1 spiro atoms. The molecule has 0 amide bonds. The van der Waals surface area contributed by atoms with Crippen molar-refractivity contribution in [3.63, 3.8) is 0 Å². The van der Waals surface area contributed by atoms with Gasteiger partial charge in [0.05, 0.1) is 18.8 Å². The first-order valence-electron chi connectivity index (χ1n) is 9.51. The molecule has 0 radical (unpaired) electrons. The number of hydrogen-bond donors (Lipinski definition) is 1. The normalized spacial score (nSPS) is 33.7. The van der Waals surface area contributed by atoms with E-state index in [-0.39, 0.29) is 24.0 Å². The Morgan fingerprint density at radius 3 is 2.64 bits per heavy atom. The summed E-state index contributed by atoms with van der Waals surface area (Å²) in [5.74, 6) is 1.06. The number of guanidine groups is 1. The summed E-state index contributed by atoms with van der Waals surface area (Å²) in [6.45, 7) is 12.6. The van der Waals surface area contributed by atoms with E-state index >= 15 is 0 Å². The van der Waals surface area contributed by atoms with Gasteiger partial charge in [0.1, 0.15) is 0 Å². The number of rotatable bonds is 4. The van der Waals surface area contributed by atoms with Gasteiger partial charge in [-0.3, -0.25) is 9.89 Å². The van der Waals surface area contributed by atoms with Gasteiger partial charge in [0.25, 0.3) is 0 Å². The van der Waals surface area contributed by atoms with Crippen molar-refractivity contribution in [1.82, 2.24) is 15.1 Å². The number of nitrogens with zero attached hydrogens (tertiary/aromatic N) is 3. The van der Waals surface area contributed by atoms with Crippen LogP contribution in [0.5, 0.6) is 0 Å². The quantitative estimate of drug-likeness (QED) is 0.297. The maximum atomic E-state index is 5.80. The number of halogens is 1. The second kappa shape index (κ2) is 9.71. The Morgan fingerprint density at radius 1 is 1.24 bits per heavy atom. The van der Waals surface area contributed by atoms with Gasteiger partial charge in [-0.05, 0) is 33.1 Å². The van der Waals surface area contributed by atoms with E-state index < -0.39 is 0 Å². The Bertz CT molecular complexity index is 433. The van der Waals surface area contributed by atoms with Crippen LogP contribution in [-0.2, 0) is 9.47 Å². The summed E-state index contributed by atoms with van der Waals surface area (Å²) in [4.78, 5) is 9.42. The number of hydrogen-bond acceptors (Lipinski definition) is 4. The van der Waals surface area contributed by atoms with Crippen LogP contribution < -0.4 is 5.32 Å². The molecule has 3 aliphatic rings. The second-order valence-corrected chi connectivity index (χ2v) is 7.82. The fraction of sp³-hybridized carbons (Fsp3) is 0.944. The highest BCUT2D eigenvalue weighted by molar-refractivity contribution is 14.0. The standard InChI is InChI=1S/C18H34N4O2.HI/c1-15-11-21(12-16(2)24-15)8-4-7-20-17(19-3)22-9-5-18(13-22)6-10-23-14-18;/h15-16H,4-14H2,1-3H3,(H,19,20);1H. The van der Waals surface area contributed by atoms with Gasteiger partial charge in [-0.1, -0.05) is 0 Å². The van der Waals surface area contributed by atoms with E-state index in [2.05, 4.69) is 34.0 Å². The van der Waals surface area contributed by atoms with Crippen molar-refractivity contribution in [2.75, 3.05) is 59.5 Å². The summed E-state index contributed by atoms with van der Waals surface area (Å²) in [6, 6.07) is 0. The zero-order chi connectivity index (χ0) is 17.0. The van der Waals surface area contributed by atoms with Crippen LogP contribution in [0, 0.1) is 5.41 Å². The minimum atomic E-state index is 0. The molecule has 0 saturated carbocycles. The lowest BCUT2D eigenvalue weighted by Gasteiger charge is -2.35. The average molecular weight is 466 g/mol. The van der Waals surface area contributed by atoms with E-state index in [1.165, 1.54) is 12.8 Å². The third-order valence-electron chi connectivity index (χ3n) is 5.56. The van der Waals surface area contributed by atoms with Gasteiger partial charge in [0.2, 0.25) is 0 Å². The minimum Gasteiger partial charge on any atom is -0.381 e. The number of likely N-dealkylation sites (tertiary alicyclic amines) is 1. The highest BCUT2D eigenvalue weighted by Gasteiger charge is 2.42. The first-order valence-corrected chi connectivity index (χ1v) is 9.51. The van der Waals surface area contributed by atoms with Crippen molar-refractivity contribution in [1.29, 1.82) is 0 Å². The number of ether oxygens (including phenoxy) is 2. The molecule has 3 fully saturated rings. The van der Waals surface area contributed by atoms with Crippen LogP contribution in [0.15, 0.2) is 4.99 Å². The minimum absolute atomic E-state index is 0. The van der Waals surface area contributed by atoms with E-state index in [1.54, 1.807) is 0 Å². The number of nitrogens with one attached hydrogen (secondary N) is 1. The van der Waals surface area contributed by atoms with Gasteiger partial charge in [0.15, 0.2) is 5.96 Å². The average Bonchev–Trinajstić information content (AvgIpc) is 3.17. The summed E-state index contributed by atoms with van der Waals surface area (Å²) in [5.41, 5.74) is 0.387. The first-order chi connectivity index (χ1) is 11.6. The van der Waals surface area contributed by atoms with E-state index in [0.717, 1.165) is 64.9 Å². The molecule has 7 heteroatoms. The molecule has 3 atom stereocenters. The molecule has 0 aromatic rings. The summed E-state index contributed by atoms with van der Waals surface area (Å²) in [7, 11) is 1.89.